The van der Waals surface area contributed by atoms with Gasteiger partial charge in [-0.2, -0.15) is 0 Å². The summed E-state index contributed by atoms with van der Waals surface area (Å²) in [6.07, 6.45) is 3.08. The molecule has 0 aliphatic heterocycles. The molecule has 140 valence electrons. The molecule has 3 aromatic heterocycles. The molecule has 0 spiro atoms. The van der Waals surface area contributed by atoms with Gasteiger partial charge in [-0.25, -0.2) is 4.98 Å². The quantitative estimate of drug-likeness (QED) is 0.531. The Morgan fingerprint density at radius 3 is 3.00 bits per heavy atom. The third kappa shape index (κ3) is 2.90. The van der Waals surface area contributed by atoms with E-state index in [2.05, 4.69) is 33.7 Å². The topological polar surface area (TPSA) is 68.0 Å². The number of rotatable bonds is 3. The van der Waals surface area contributed by atoms with E-state index in [0.29, 0.717) is 22.4 Å². The van der Waals surface area contributed by atoms with Gasteiger partial charge in [0.2, 0.25) is 0 Å². The lowest BCUT2D eigenvalue weighted by atomic mass is 9.87. The minimum absolute atomic E-state index is 0.0195. The summed E-state index contributed by atoms with van der Waals surface area (Å²) in [7, 11) is 0. The second-order valence-electron chi connectivity index (χ2n) is 7.10. The first-order valence-electron chi connectivity index (χ1n) is 9.40. The summed E-state index contributed by atoms with van der Waals surface area (Å²) < 4.78 is 5.39. The molecule has 28 heavy (non-hydrogen) atoms. The van der Waals surface area contributed by atoms with Crippen molar-refractivity contribution in [3.8, 4) is 10.6 Å². The van der Waals surface area contributed by atoms with Crippen molar-refractivity contribution in [2.45, 2.75) is 32.2 Å². The maximum atomic E-state index is 13.3. The predicted molar refractivity (Wildman–Crippen MR) is 109 cm³/mol. The Hall–Kier alpha value is -2.99. The van der Waals surface area contributed by atoms with Gasteiger partial charge in [0, 0.05) is 0 Å². The number of benzene rings is 1. The Balaban J connectivity index is 1.55. The zero-order valence-electron chi connectivity index (χ0n) is 15.4. The SMILES string of the molecule is Cc1noc2nc(-c3cccs3)cc(C(=O)N[C@@H]3CCCc4ccccc43)c12. The van der Waals surface area contributed by atoms with E-state index in [4.69, 9.17) is 4.52 Å². The van der Waals surface area contributed by atoms with Crippen LogP contribution in [0.3, 0.4) is 0 Å². The van der Waals surface area contributed by atoms with Gasteiger partial charge in [0.25, 0.3) is 11.6 Å². The molecule has 1 aliphatic carbocycles. The van der Waals surface area contributed by atoms with Gasteiger partial charge in [0.05, 0.1) is 33.3 Å². The minimum Gasteiger partial charge on any atom is -0.345 e. The van der Waals surface area contributed by atoms with Gasteiger partial charge in [-0.15, -0.1) is 11.3 Å². The van der Waals surface area contributed by atoms with Crippen molar-refractivity contribution in [2.24, 2.45) is 0 Å². The molecular weight excluding hydrogens is 370 g/mol. The van der Waals surface area contributed by atoms with Crippen molar-refractivity contribution in [3.05, 3.63) is 70.2 Å². The molecule has 0 saturated heterocycles. The predicted octanol–water partition coefficient (Wildman–Crippen LogP) is 5.07. The van der Waals surface area contributed by atoms with Crippen molar-refractivity contribution >= 4 is 28.3 Å². The minimum atomic E-state index is -0.113. The van der Waals surface area contributed by atoms with E-state index in [1.54, 1.807) is 11.3 Å². The molecule has 0 bridgehead atoms. The van der Waals surface area contributed by atoms with Crippen LogP contribution in [0.2, 0.25) is 0 Å². The number of nitrogens with zero attached hydrogens (tertiary/aromatic N) is 2. The number of aromatic nitrogens is 2. The smallest absolute Gasteiger partial charge is 0.259 e. The number of aryl methyl sites for hydroxylation is 2. The lowest BCUT2D eigenvalue weighted by Crippen LogP contribution is -2.31. The van der Waals surface area contributed by atoms with Gasteiger partial charge in [-0.05, 0) is 54.8 Å². The third-order valence-electron chi connectivity index (χ3n) is 5.31. The van der Waals surface area contributed by atoms with Gasteiger partial charge in [0.1, 0.15) is 0 Å². The van der Waals surface area contributed by atoms with Crippen molar-refractivity contribution in [1.82, 2.24) is 15.5 Å². The van der Waals surface area contributed by atoms with Crippen LogP contribution in [0.5, 0.6) is 0 Å². The molecule has 0 radical (unpaired) electrons. The summed E-state index contributed by atoms with van der Waals surface area (Å²) in [5.74, 6) is -0.113. The molecular formula is C22H19N3O2S. The van der Waals surface area contributed by atoms with Crippen LogP contribution >= 0.6 is 11.3 Å². The van der Waals surface area contributed by atoms with Crippen LogP contribution in [0.25, 0.3) is 21.7 Å². The molecule has 1 aromatic carbocycles. The average Bonchev–Trinajstić information content (AvgIpc) is 3.38. The third-order valence-corrected chi connectivity index (χ3v) is 6.20. The van der Waals surface area contributed by atoms with E-state index in [0.717, 1.165) is 29.8 Å². The molecule has 6 heteroatoms. The van der Waals surface area contributed by atoms with Gasteiger partial charge >= 0.3 is 0 Å². The standard InChI is InChI=1S/C22H19N3O2S/c1-13-20-16(12-18(19-10-5-11-28-19)24-22(20)27-25-13)21(26)23-17-9-4-7-14-6-2-3-8-15(14)17/h2-3,5-6,8,10-12,17H,4,7,9H2,1H3,(H,23,26)/t17-/m1/s1. The Morgan fingerprint density at radius 2 is 2.14 bits per heavy atom. The molecule has 5 nitrogen and oxygen atoms in total. The molecule has 1 N–H and O–H groups in total. The van der Waals surface area contributed by atoms with Crippen LogP contribution in [0.1, 0.15) is 46.1 Å². The van der Waals surface area contributed by atoms with Gasteiger partial charge in [-0.3, -0.25) is 4.79 Å². The van der Waals surface area contributed by atoms with Crippen LogP contribution in [0.15, 0.2) is 52.4 Å². The number of fused-ring (bicyclic) bond motifs is 2. The summed E-state index contributed by atoms with van der Waals surface area (Å²) in [5.41, 5.74) is 4.90. The first-order chi connectivity index (χ1) is 13.7. The van der Waals surface area contributed by atoms with E-state index >= 15 is 0 Å². The van der Waals surface area contributed by atoms with Crippen LogP contribution in [0, 0.1) is 6.92 Å². The highest BCUT2D eigenvalue weighted by molar-refractivity contribution is 7.13. The maximum Gasteiger partial charge on any atom is 0.259 e. The van der Waals surface area contributed by atoms with Crippen molar-refractivity contribution < 1.29 is 9.32 Å². The second-order valence-corrected chi connectivity index (χ2v) is 8.05. The molecule has 0 unspecified atom stereocenters. The molecule has 0 fully saturated rings. The monoisotopic (exact) mass is 389 g/mol. The van der Waals surface area contributed by atoms with E-state index in [-0.39, 0.29) is 11.9 Å². The molecule has 3 heterocycles. The van der Waals surface area contributed by atoms with Gasteiger partial charge in [0.15, 0.2) is 0 Å². The number of thiophene rings is 1. The fraction of sp³-hybridized carbons (Fsp3) is 0.227. The number of hydrogen-bond acceptors (Lipinski definition) is 5. The highest BCUT2D eigenvalue weighted by atomic mass is 32.1. The molecule has 0 saturated carbocycles. The summed E-state index contributed by atoms with van der Waals surface area (Å²) in [6, 6.07) is 14.2. The number of pyridine rings is 1. The average molecular weight is 389 g/mol. The number of amides is 1. The molecule has 1 aliphatic rings. The van der Waals surface area contributed by atoms with Crippen molar-refractivity contribution in [2.75, 3.05) is 0 Å². The first kappa shape index (κ1) is 17.1. The largest absolute Gasteiger partial charge is 0.345 e. The van der Waals surface area contributed by atoms with E-state index < -0.39 is 0 Å². The Bertz CT molecular complexity index is 1160. The Labute approximate surface area is 166 Å². The number of carbonyl (C=O) groups excluding carboxylic acids is 1. The summed E-state index contributed by atoms with van der Waals surface area (Å²) >= 11 is 1.58. The Morgan fingerprint density at radius 1 is 1.25 bits per heavy atom. The Kier molecular flexibility index (Phi) is 4.20. The lowest BCUT2D eigenvalue weighted by Gasteiger charge is -2.26. The van der Waals surface area contributed by atoms with E-state index in [1.807, 2.05) is 36.6 Å². The molecule has 5 rings (SSSR count). The van der Waals surface area contributed by atoms with Crippen LogP contribution in [0.4, 0.5) is 0 Å². The highest BCUT2D eigenvalue weighted by Gasteiger charge is 2.25. The molecule has 1 amide bonds. The fourth-order valence-corrected chi connectivity index (χ4v) is 4.65. The van der Waals surface area contributed by atoms with Crippen molar-refractivity contribution in [3.63, 3.8) is 0 Å². The zero-order chi connectivity index (χ0) is 19.1. The van der Waals surface area contributed by atoms with Gasteiger partial charge in [-0.1, -0.05) is 35.5 Å². The molecule has 4 aromatic rings. The van der Waals surface area contributed by atoms with Gasteiger partial charge < -0.3 is 9.84 Å². The van der Waals surface area contributed by atoms with Crippen molar-refractivity contribution in [1.29, 1.82) is 0 Å². The number of hydrogen-bond donors (Lipinski definition) is 1. The number of carbonyl (C=O) groups is 1. The lowest BCUT2D eigenvalue weighted by molar-refractivity contribution is 0.0934. The van der Waals surface area contributed by atoms with Crippen LogP contribution in [-0.2, 0) is 6.42 Å². The number of nitrogens with one attached hydrogen (secondary N) is 1. The summed E-state index contributed by atoms with van der Waals surface area (Å²) in [4.78, 5) is 18.9. The highest BCUT2D eigenvalue weighted by Crippen LogP contribution is 2.32. The van der Waals surface area contributed by atoms with Crippen LogP contribution < -0.4 is 5.32 Å². The first-order valence-corrected chi connectivity index (χ1v) is 10.3. The second kappa shape index (κ2) is 6.87. The summed E-state index contributed by atoms with van der Waals surface area (Å²) in [5, 5.41) is 9.94. The fourth-order valence-electron chi connectivity index (χ4n) is 3.96. The van der Waals surface area contributed by atoms with E-state index in [9.17, 15) is 4.79 Å². The normalized spacial score (nSPS) is 16.1. The maximum absolute atomic E-state index is 13.3. The van der Waals surface area contributed by atoms with Crippen LogP contribution in [-0.4, -0.2) is 16.0 Å². The molecule has 1 atom stereocenters. The van der Waals surface area contributed by atoms with E-state index in [1.165, 1.54) is 11.1 Å². The summed E-state index contributed by atoms with van der Waals surface area (Å²) in [6.45, 7) is 1.84. The zero-order valence-corrected chi connectivity index (χ0v) is 16.3.